The third-order valence-corrected chi connectivity index (χ3v) is 5.31. The average molecular weight is 470 g/mol. The topological polar surface area (TPSA) is 58.9 Å². The number of allylic oxidation sites excluding steroid dienone is 1. The molecule has 0 amide bonds. The number of benzene rings is 1. The molecule has 1 heterocycles. The Bertz CT molecular complexity index is 706. The molecule has 4 nitrogen and oxygen atoms in total. The third kappa shape index (κ3) is 5.34. The Morgan fingerprint density at radius 1 is 1.42 bits per heavy atom. The number of hydrogen-bond acceptors (Lipinski definition) is 4. The molecule has 0 aliphatic carbocycles. The van der Waals surface area contributed by atoms with E-state index in [4.69, 9.17) is 9.47 Å². The summed E-state index contributed by atoms with van der Waals surface area (Å²) < 4.78 is 11.8. The van der Waals surface area contributed by atoms with Gasteiger partial charge >= 0.3 is 0 Å². The molecule has 26 heavy (non-hydrogen) atoms. The van der Waals surface area contributed by atoms with Gasteiger partial charge in [-0.2, -0.15) is 0 Å². The van der Waals surface area contributed by atoms with Crippen LogP contribution < -0.4 is 4.74 Å². The van der Waals surface area contributed by atoms with Gasteiger partial charge in [0.25, 0.3) is 0 Å². The molecule has 1 aliphatic heterocycles. The lowest BCUT2D eigenvalue weighted by atomic mass is 9.95. The quantitative estimate of drug-likeness (QED) is 0.507. The Labute approximate surface area is 169 Å². The maximum atomic E-state index is 10.0. The molecule has 0 fully saturated rings. The molecule has 1 aliphatic rings. The maximum Gasteiger partial charge on any atom is 0.171 e. The van der Waals surface area contributed by atoms with E-state index in [1.54, 1.807) is 7.11 Å². The SMILES string of the molecule is C=C(CO)C1=CCOC1CC/C(=C/c1cc(I)c(O)c(OC)c1)CCC. The van der Waals surface area contributed by atoms with Crippen molar-refractivity contribution in [3.8, 4) is 11.5 Å². The number of aromatic hydroxyl groups is 1. The van der Waals surface area contributed by atoms with Crippen molar-refractivity contribution in [3.05, 3.63) is 50.6 Å². The number of rotatable bonds is 9. The maximum absolute atomic E-state index is 10.0. The number of aliphatic hydroxyl groups excluding tert-OH is 1. The normalized spacial score (nSPS) is 17.3. The summed E-state index contributed by atoms with van der Waals surface area (Å²) in [7, 11) is 1.56. The van der Waals surface area contributed by atoms with Crippen LogP contribution >= 0.6 is 22.6 Å². The van der Waals surface area contributed by atoms with E-state index in [9.17, 15) is 10.2 Å². The highest BCUT2D eigenvalue weighted by Gasteiger charge is 2.21. The smallest absolute Gasteiger partial charge is 0.171 e. The Hall–Kier alpha value is -1.31. The van der Waals surface area contributed by atoms with Crippen LogP contribution in [0.4, 0.5) is 0 Å². The second-order valence-electron chi connectivity index (χ2n) is 6.39. The molecule has 0 bridgehead atoms. The lowest BCUT2D eigenvalue weighted by Crippen LogP contribution is -2.13. The fourth-order valence-corrected chi connectivity index (χ4v) is 3.78. The second kappa shape index (κ2) is 10.1. The van der Waals surface area contributed by atoms with Gasteiger partial charge in [-0.05, 0) is 70.7 Å². The molecule has 0 aromatic heterocycles. The fraction of sp³-hybridized carbons (Fsp3) is 0.429. The highest BCUT2D eigenvalue weighted by molar-refractivity contribution is 14.1. The highest BCUT2D eigenvalue weighted by atomic mass is 127. The number of ether oxygens (including phenoxy) is 2. The minimum atomic E-state index is -0.0326. The molecular weight excluding hydrogens is 443 g/mol. The molecule has 5 heteroatoms. The fourth-order valence-electron chi connectivity index (χ4n) is 3.15. The van der Waals surface area contributed by atoms with Gasteiger partial charge in [0.05, 0.1) is 30.0 Å². The molecule has 2 rings (SSSR count). The summed E-state index contributed by atoms with van der Waals surface area (Å²) in [6.07, 6.45) is 8.04. The van der Waals surface area contributed by atoms with E-state index in [1.807, 2.05) is 18.2 Å². The number of hydrogen-bond donors (Lipinski definition) is 2. The Balaban J connectivity index is 2.14. The Morgan fingerprint density at radius 3 is 2.85 bits per heavy atom. The van der Waals surface area contributed by atoms with Crippen LogP contribution in [0.3, 0.4) is 0 Å². The number of halogens is 1. The predicted molar refractivity (Wildman–Crippen MR) is 114 cm³/mol. The number of phenolic OH excluding ortho intramolecular Hbond substituents is 1. The summed E-state index contributed by atoms with van der Waals surface area (Å²) in [6, 6.07) is 3.82. The zero-order valence-electron chi connectivity index (χ0n) is 15.4. The molecule has 1 atom stereocenters. The summed E-state index contributed by atoms with van der Waals surface area (Å²) in [4.78, 5) is 0. The summed E-state index contributed by atoms with van der Waals surface area (Å²) in [5.74, 6) is 0.668. The van der Waals surface area contributed by atoms with Gasteiger partial charge in [-0.1, -0.05) is 37.6 Å². The molecule has 0 radical (unpaired) electrons. The summed E-state index contributed by atoms with van der Waals surface area (Å²) in [5, 5.41) is 19.3. The molecule has 1 aromatic rings. The molecule has 0 saturated heterocycles. The van der Waals surface area contributed by atoms with Gasteiger partial charge in [-0.15, -0.1) is 0 Å². The Morgan fingerprint density at radius 2 is 2.19 bits per heavy atom. The third-order valence-electron chi connectivity index (χ3n) is 4.49. The van der Waals surface area contributed by atoms with Crippen molar-refractivity contribution in [1.82, 2.24) is 0 Å². The van der Waals surface area contributed by atoms with Gasteiger partial charge in [0.2, 0.25) is 0 Å². The van der Waals surface area contributed by atoms with Crippen molar-refractivity contribution in [2.45, 2.75) is 38.7 Å². The first kappa shape index (κ1) is 21.0. The predicted octanol–water partition coefficient (Wildman–Crippen LogP) is 4.84. The summed E-state index contributed by atoms with van der Waals surface area (Å²) >= 11 is 2.11. The van der Waals surface area contributed by atoms with E-state index in [2.05, 4.69) is 42.2 Å². The van der Waals surface area contributed by atoms with Crippen LogP contribution in [0.1, 0.15) is 38.2 Å². The molecule has 0 spiro atoms. The number of phenols is 1. The van der Waals surface area contributed by atoms with Crippen molar-refractivity contribution >= 4 is 28.7 Å². The monoisotopic (exact) mass is 470 g/mol. The zero-order chi connectivity index (χ0) is 19.1. The first-order chi connectivity index (χ1) is 12.5. The largest absolute Gasteiger partial charge is 0.504 e. The second-order valence-corrected chi connectivity index (χ2v) is 7.55. The van der Waals surface area contributed by atoms with Crippen molar-refractivity contribution in [3.63, 3.8) is 0 Å². The van der Waals surface area contributed by atoms with E-state index in [0.29, 0.717) is 12.4 Å². The molecule has 2 N–H and O–H groups in total. The minimum Gasteiger partial charge on any atom is -0.504 e. The Kier molecular flexibility index (Phi) is 8.18. The van der Waals surface area contributed by atoms with Crippen molar-refractivity contribution in [2.24, 2.45) is 0 Å². The van der Waals surface area contributed by atoms with E-state index >= 15 is 0 Å². The van der Waals surface area contributed by atoms with Crippen LogP contribution in [0, 0.1) is 3.57 Å². The van der Waals surface area contributed by atoms with Gasteiger partial charge in [-0.25, -0.2) is 0 Å². The summed E-state index contributed by atoms with van der Waals surface area (Å²) in [5.41, 5.74) is 4.13. The molecule has 1 aromatic carbocycles. The van der Waals surface area contributed by atoms with Gasteiger partial charge in [0, 0.05) is 0 Å². The van der Waals surface area contributed by atoms with Crippen LogP contribution in [0.5, 0.6) is 11.5 Å². The first-order valence-corrected chi connectivity index (χ1v) is 9.94. The van der Waals surface area contributed by atoms with Crippen LogP contribution in [-0.2, 0) is 4.74 Å². The van der Waals surface area contributed by atoms with E-state index in [0.717, 1.165) is 46.0 Å². The van der Waals surface area contributed by atoms with Crippen LogP contribution in [-0.4, -0.2) is 36.6 Å². The van der Waals surface area contributed by atoms with Crippen LogP contribution in [0.2, 0.25) is 0 Å². The molecule has 1 unspecified atom stereocenters. The molecule has 0 saturated carbocycles. The highest BCUT2D eigenvalue weighted by Crippen LogP contribution is 2.34. The molecule has 142 valence electrons. The zero-order valence-corrected chi connectivity index (χ0v) is 17.6. The first-order valence-electron chi connectivity index (χ1n) is 8.86. The van der Waals surface area contributed by atoms with Crippen LogP contribution in [0.15, 0.2) is 41.5 Å². The van der Waals surface area contributed by atoms with Crippen molar-refractivity contribution in [1.29, 1.82) is 0 Å². The van der Waals surface area contributed by atoms with Crippen LogP contribution in [0.25, 0.3) is 6.08 Å². The average Bonchev–Trinajstić information content (AvgIpc) is 3.10. The lowest BCUT2D eigenvalue weighted by Gasteiger charge is -2.17. The number of aliphatic hydroxyl groups is 1. The molecular formula is C21H27IO4. The van der Waals surface area contributed by atoms with Gasteiger partial charge in [0.15, 0.2) is 11.5 Å². The van der Waals surface area contributed by atoms with E-state index < -0.39 is 0 Å². The van der Waals surface area contributed by atoms with Gasteiger partial charge < -0.3 is 19.7 Å². The van der Waals surface area contributed by atoms with E-state index in [-0.39, 0.29) is 18.5 Å². The van der Waals surface area contributed by atoms with Crippen molar-refractivity contribution in [2.75, 3.05) is 20.3 Å². The van der Waals surface area contributed by atoms with Gasteiger partial charge in [0.1, 0.15) is 0 Å². The lowest BCUT2D eigenvalue weighted by molar-refractivity contribution is 0.115. The van der Waals surface area contributed by atoms with Crippen molar-refractivity contribution < 1.29 is 19.7 Å². The number of methoxy groups -OCH3 is 1. The van der Waals surface area contributed by atoms with Gasteiger partial charge in [-0.3, -0.25) is 0 Å². The standard InChI is InChI=1S/C21H27IO4/c1-4-5-15(6-7-19-17(8-9-26-19)14(2)13-23)10-16-11-18(22)21(24)20(12-16)25-3/h8,10-12,19,23-24H,2,4-7,9,13H2,1,3H3/b15-10+. The summed E-state index contributed by atoms with van der Waals surface area (Å²) in [6.45, 7) is 6.64. The van der Waals surface area contributed by atoms with E-state index in [1.165, 1.54) is 5.57 Å². The minimum absolute atomic E-state index is 0.00407.